The van der Waals surface area contributed by atoms with Gasteiger partial charge < -0.3 is 15.8 Å². The lowest BCUT2D eigenvalue weighted by Gasteiger charge is -2.17. The number of hydrogen-bond acceptors (Lipinski definition) is 5. The second-order valence-electron chi connectivity index (χ2n) is 4.54. The SMILES string of the molecule is COC(=O)c1cc(N)cnc1NC(C)c1ccccc1F. The van der Waals surface area contributed by atoms with E-state index in [1.807, 2.05) is 0 Å². The van der Waals surface area contributed by atoms with E-state index in [-0.39, 0.29) is 17.4 Å². The van der Waals surface area contributed by atoms with Gasteiger partial charge in [-0.3, -0.25) is 0 Å². The Balaban J connectivity index is 2.31. The lowest BCUT2D eigenvalue weighted by Crippen LogP contribution is -2.14. The molecule has 2 aromatic rings. The van der Waals surface area contributed by atoms with Crippen molar-refractivity contribution >= 4 is 17.5 Å². The molecule has 0 saturated heterocycles. The fourth-order valence-electron chi connectivity index (χ4n) is 1.97. The van der Waals surface area contributed by atoms with Gasteiger partial charge in [0.2, 0.25) is 0 Å². The van der Waals surface area contributed by atoms with Gasteiger partial charge in [0, 0.05) is 5.56 Å². The number of carbonyl (C=O) groups excluding carboxylic acids is 1. The summed E-state index contributed by atoms with van der Waals surface area (Å²) in [6.45, 7) is 1.78. The predicted molar refractivity (Wildman–Crippen MR) is 78.4 cm³/mol. The number of esters is 1. The minimum Gasteiger partial charge on any atom is -0.465 e. The molecule has 6 heteroatoms. The third-order valence-electron chi connectivity index (χ3n) is 3.04. The molecule has 0 aliphatic carbocycles. The molecule has 5 nitrogen and oxygen atoms in total. The maximum absolute atomic E-state index is 13.8. The van der Waals surface area contributed by atoms with E-state index in [4.69, 9.17) is 10.5 Å². The Morgan fingerprint density at radius 1 is 1.43 bits per heavy atom. The van der Waals surface area contributed by atoms with Gasteiger partial charge in [-0.25, -0.2) is 14.2 Å². The molecular weight excluding hydrogens is 273 g/mol. The van der Waals surface area contributed by atoms with Crippen LogP contribution in [0.15, 0.2) is 36.5 Å². The number of benzene rings is 1. The van der Waals surface area contributed by atoms with Crippen LogP contribution >= 0.6 is 0 Å². The molecule has 0 aliphatic heterocycles. The highest BCUT2D eigenvalue weighted by molar-refractivity contribution is 5.95. The Labute approximate surface area is 121 Å². The molecular formula is C15H16FN3O2. The first-order valence-electron chi connectivity index (χ1n) is 6.37. The van der Waals surface area contributed by atoms with Gasteiger partial charge in [-0.15, -0.1) is 0 Å². The summed E-state index contributed by atoms with van der Waals surface area (Å²) in [5.41, 5.74) is 6.66. The highest BCUT2D eigenvalue weighted by atomic mass is 19.1. The molecule has 1 unspecified atom stereocenters. The molecule has 3 N–H and O–H groups in total. The van der Waals surface area contributed by atoms with E-state index in [1.54, 1.807) is 25.1 Å². The van der Waals surface area contributed by atoms with E-state index >= 15 is 0 Å². The van der Waals surface area contributed by atoms with E-state index in [9.17, 15) is 9.18 Å². The van der Waals surface area contributed by atoms with E-state index < -0.39 is 5.97 Å². The first-order valence-corrected chi connectivity index (χ1v) is 6.37. The normalized spacial score (nSPS) is 11.8. The molecule has 0 bridgehead atoms. The Kier molecular flexibility index (Phi) is 4.37. The number of nitrogens with one attached hydrogen (secondary N) is 1. The summed E-state index contributed by atoms with van der Waals surface area (Å²) in [5.74, 6) is -0.586. The van der Waals surface area contributed by atoms with Crippen LogP contribution in [0.3, 0.4) is 0 Å². The molecule has 0 saturated carbocycles. The molecule has 0 radical (unpaired) electrons. The Hall–Kier alpha value is -2.63. The second kappa shape index (κ2) is 6.21. The van der Waals surface area contributed by atoms with Crippen molar-refractivity contribution in [3.63, 3.8) is 0 Å². The summed E-state index contributed by atoms with van der Waals surface area (Å²) in [7, 11) is 1.27. The van der Waals surface area contributed by atoms with Crippen LogP contribution in [0.5, 0.6) is 0 Å². The maximum atomic E-state index is 13.8. The van der Waals surface area contributed by atoms with Crippen LogP contribution in [0.25, 0.3) is 0 Å². The van der Waals surface area contributed by atoms with Crippen LogP contribution in [-0.4, -0.2) is 18.1 Å². The Morgan fingerprint density at radius 3 is 2.81 bits per heavy atom. The molecule has 1 aromatic carbocycles. The minimum absolute atomic E-state index is 0.209. The summed E-state index contributed by atoms with van der Waals surface area (Å²) in [5, 5.41) is 3.00. The van der Waals surface area contributed by atoms with Crippen LogP contribution in [-0.2, 0) is 4.74 Å². The molecule has 0 spiro atoms. The van der Waals surface area contributed by atoms with E-state index in [2.05, 4.69) is 10.3 Å². The van der Waals surface area contributed by atoms with Gasteiger partial charge in [-0.2, -0.15) is 0 Å². The van der Waals surface area contributed by atoms with Gasteiger partial charge in [-0.05, 0) is 19.1 Å². The fraction of sp³-hybridized carbons (Fsp3) is 0.200. The largest absolute Gasteiger partial charge is 0.465 e. The number of anilines is 2. The molecule has 110 valence electrons. The Morgan fingerprint density at radius 2 is 2.14 bits per heavy atom. The molecule has 21 heavy (non-hydrogen) atoms. The van der Waals surface area contributed by atoms with Crippen molar-refractivity contribution in [3.05, 3.63) is 53.5 Å². The topological polar surface area (TPSA) is 77.2 Å². The van der Waals surface area contributed by atoms with Crippen LogP contribution in [0.2, 0.25) is 0 Å². The first-order chi connectivity index (χ1) is 10.0. The second-order valence-corrected chi connectivity index (χ2v) is 4.54. The molecule has 1 heterocycles. The third kappa shape index (κ3) is 3.28. The number of rotatable bonds is 4. The summed E-state index contributed by atoms with van der Waals surface area (Å²) in [6.07, 6.45) is 1.42. The average Bonchev–Trinajstić information content (AvgIpc) is 2.48. The predicted octanol–water partition coefficient (Wildman–Crippen LogP) is 2.76. The summed E-state index contributed by atoms with van der Waals surface area (Å²) in [4.78, 5) is 15.8. The smallest absolute Gasteiger partial charge is 0.341 e. The van der Waals surface area contributed by atoms with E-state index in [1.165, 1.54) is 25.4 Å². The van der Waals surface area contributed by atoms with E-state index in [0.29, 0.717) is 17.1 Å². The maximum Gasteiger partial charge on any atom is 0.341 e. The van der Waals surface area contributed by atoms with Crippen LogP contribution < -0.4 is 11.1 Å². The number of methoxy groups -OCH3 is 1. The molecule has 1 aromatic heterocycles. The highest BCUT2D eigenvalue weighted by Gasteiger charge is 2.17. The van der Waals surface area contributed by atoms with Crippen molar-refractivity contribution in [2.24, 2.45) is 0 Å². The summed E-state index contributed by atoms with van der Waals surface area (Å²) in [6, 6.07) is 7.51. The van der Waals surface area contributed by atoms with Gasteiger partial charge in [0.25, 0.3) is 0 Å². The standard InChI is InChI=1S/C15H16FN3O2/c1-9(11-5-3-4-6-13(11)16)19-14-12(15(20)21-2)7-10(17)8-18-14/h3-9H,17H2,1-2H3,(H,18,19). The molecule has 0 aliphatic rings. The minimum atomic E-state index is -0.557. The van der Waals surface area contributed by atoms with E-state index in [0.717, 1.165) is 0 Å². The zero-order chi connectivity index (χ0) is 15.4. The van der Waals surface area contributed by atoms with Crippen molar-refractivity contribution in [1.29, 1.82) is 0 Å². The van der Waals surface area contributed by atoms with Crippen LogP contribution in [0.4, 0.5) is 15.9 Å². The zero-order valence-electron chi connectivity index (χ0n) is 11.8. The van der Waals surface area contributed by atoms with Crippen molar-refractivity contribution < 1.29 is 13.9 Å². The van der Waals surface area contributed by atoms with Gasteiger partial charge >= 0.3 is 5.97 Å². The number of halogens is 1. The third-order valence-corrected chi connectivity index (χ3v) is 3.04. The van der Waals surface area contributed by atoms with Crippen molar-refractivity contribution in [3.8, 4) is 0 Å². The first kappa shape index (κ1) is 14.8. The number of nitrogen functional groups attached to an aromatic ring is 1. The number of hydrogen-bond donors (Lipinski definition) is 2. The Bertz CT molecular complexity index is 661. The van der Waals surface area contributed by atoms with Crippen molar-refractivity contribution in [2.45, 2.75) is 13.0 Å². The van der Waals surface area contributed by atoms with Crippen LogP contribution in [0.1, 0.15) is 28.9 Å². The number of nitrogens with zero attached hydrogens (tertiary/aromatic N) is 1. The lowest BCUT2D eigenvalue weighted by molar-refractivity contribution is 0.0601. The van der Waals surface area contributed by atoms with Gasteiger partial charge in [-0.1, -0.05) is 18.2 Å². The molecule has 1 atom stereocenters. The number of carbonyl (C=O) groups is 1. The summed E-state index contributed by atoms with van der Waals surface area (Å²) >= 11 is 0. The average molecular weight is 289 g/mol. The number of nitrogens with two attached hydrogens (primary N) is 1. The number of aromatic nitrogens is 1. The van der Waals surface area contributed by atoms with Crippen LogP contribution in [0, 0.1) is 5.82 Å². The fourth-order valence-corrected chi connectivity index (χ4v) is 1.97. The molecule has 0 fully saturated rings. The van der Waals surface area contributed by atoms with Gasteiger partial charge in [0.1, 0.15) is 17.2 Å². The monoisotopic (exact) mass is 289 g/mol. The quantitative estimate of drug-likeness (QED) is 0.846. The van der Waals surface area contributed by atoms with Gasteiger partial charge in [0.15, 0.2) is 0 Å². The summed E-state index contributed by atoms with van der Waals surface area (Å²) < 4.78 is 18.5. The molecule has 0 amide bonds. The lowest BCUT2D eigenvalue weighted by atomic mass is 10.1. The molecule has 2 rings (SSSR count). The highest BCUT2D eigenvalue weighted by Crippen LogP contribution is 2.24. The number of ether oxygens (including phenoxy) is 1. The van der Waals surface area contributed by atoms with Crippen molar-refractivity contribution in [2.75, 3.05) is 18.2 Å². The van der Waals surface area contributed by atoms with Crippen molar-refractivity contribution in [1.82, 2.24) is 4.98 Å². The number of pyridine rings is 1. The van der Waals surface area contributed by atoms with Gasteiger partial charge in [0.05, 0.1) is 25.0 Å². The zero-order valence-corrected chi connectivity index (χ0v) is 11.8.